The monoisotopic (exact) mass is 307 g/mol. The van der Waals surface area contributed by atoms with Gasteiger partial charge in [-0.15, -0.1) is 0 Å². The Morgan fingerprint density at radius 2 is 2.10 bits per heavy atom. The van der Waals surface area contributed by atoms with Crippen LogP contribution in [0.4, 0.5) is 0 Å². The SMILES string of the molecule is CCn1nc(C)cc1C(=O)NCC(O)c1ccc(Cl)cc1. The van der Waals surface area contributed by atoms with Crippen molar-refractivity contribution in [3.63, 3.8) is 0 Å². The first-order chi connectivity index (χ1) is 10.0. The Morgan fingerprint density at radius 1 is 1.43 bits per heavy atom. The molecule has 0 spiro atoms. The van der Waals surface area contributed by atoms with Crippen LogP contribution in [0.2, 0.25) is 5.02 Å². The van der Waals surface area contributed by atoms with Crippen LogP contribution < -0.4 is 5.32 Å². The maximum Gasteiger partial charge on any atom is 0.269 e. The minimum absolute atomic E-state index is 0.133. The summed E-state index contributed by atoms with van der Waals surface area (Å²) in [4.78, 5) is 12.1. The van der Waals surface area contributed by atoms with Crippen LogP contribution in [-0.2, 0) is 6.54 Å². The third kappa shape index (κ3) is 3.83. The van der Waals surface area contributed by atoms with Gasteiger partial charge in [0.25, 0.3) is 5.91 Å². The molecule has 2 rings (SSSR count). The van der Waals surface area contributed by atoms with Gasteiger partial charge in [-0.25, -0.2) is 0 Å². The first-order valence-corrected chi connectivity index (χ1v) is 7.15. The standard InChI is InChI=1S/C15H18ClN3O2/c1-3-19-13(8-10(2)18-19)15(21)17-9-14(20)11-4-6-12(16)7-5-11/h4-8,14,20H,3,9H2,1-2H3,(H,17,21). The first-order valence-electron chi connectivity index (χ1n) is 6.77. The zero-order valence-electron chi connectivity index (χ0n) is 12.0. The van der Waals surface area contributed by atoms with E-state index in [0.29, 0.717) is 22.8 Å². The fraction of sp³-hybridized carbons (Fsp3) is 0.333. The van der Waals surface area contributed by atoms with Crippen molar-refractivity contribution in [2.45, 2.75) is 26.5 Å². The van der Waals surface area contributed by atoms with Crippen LogP contribution in [0.15, 0.2) is 30.3 Å². The van der Waals surface area contributed by atoms with E-state index in [-0.39, 0.29) is 12.5 Å². The number of rotatable bonds is 5. The number of aliphatic hydroxyl groups is 1. The molecular weight excluding hydrogens is 290 g/mol. The van der Waals surface area contributed by atoms with E-state index in [9.17, 15) is 9.90 Å². The molecular formula is C15H18ClN3O2. The molecule has 0 saturated carbocycles. The van der Waals surface area contributed by atoms with Crippen LogP contribution in [0, 0.1) is 6.92 Å². The maximum atomic E-state index is 12.1. The minimum Gasteiger partial charge on any atom is -0.387 e. The molecule has 0 aliphatic heterocycles. The van der Waals surface area contributed by atoms with Crippen molar-refractivity contribution in [1.29, 1.82) is 0 Å². The third-order valence-corrected chi connectivity index (χ3v) is 3.40. The Bertz CT molecular complexity index is 622. The summed E-state index contributed by atoms with van der Waals surface area (Å²) in [5, 5.41) is 17.6. The molecule has 1 heterocycles. The molecule has 0 bridgehead atoms. The summed E-state index contributed by atoms with van der Waals surface area (Å²) in [6, 6.07) is 8.61. The van der Waals surface area contributed by atoms with Crippen LogP contribution in [0.1, 0.15) is 34.8 Å². The van der Waals surface area contributed by atoms with E-state index in [1.54, 1.807) is 35.0 Å². The fourth-order valence-electron chi connectivity index (χ4n) is 2.05. The Labute approximate surface area is 128 Å². The number of benzene rings is 1. The summed E-state index contributed by atoms with van der Waals surface area (Å²) in [7, 11) is 0. The van der Waals surface area contributed by atoms with Gasteiger partial charge >= 0.3 is 0 Å². The molecule has 2 N–H and O–H groups in total. The molecule has 21 heavy (non-hydrogen) atoms. The number of hydrogen-bond donors (Lipinski definition) is 2. The molecule has 1 amide bonds. The summed E-state index contributed by atoms with van der Waals surface area (Å²) < 4.78 is 1.64. The molecule has 1 aromatic heterocycles. The van der Waals surface area contributed by atoms with E-state index < -0.39 is 6.10 Å². The second-order valence-corrected chi connectivity index (χ2v) is 5.20. The third-order valence-electron chi connectivity index (χ3n) is 3.15. The summed E-state index contributed by atoms with van der Waals surface area (Å²) in [6.45, 7) is 4.52. The van der Waals surface area contributed by atoms with Crippen LogP contribution in [0.3, 0.4) is 0 Å². The van der Waals surface area contributed by atoms with Gasteiger partial charge in [0.1, 0.15) is 5.69 Å². The van der Waals surface area contributed by atoms with Crippen LogP contribution >= 0.6 is 11.6 Å². The second kappa shape index (κ2) is 6.74. The normalized spacial score (nSPS) is 12.2. The van der Waals surface area contributed by atoms with Crippen molar-refractivity contribution in [1.82, 2.24) is 15.1 Å². The lowest BCUT2D eigenvalue weighted by molar-refractivity contribution is 0.0905. The number of hydrogen-bond acceptors (Lipinski definition) is 3. The summed E-state index contributed by atoms with van der Waals surface area (Å²) >= 11 is 5.80. The van der Waals surface area contributed by atoms with E-state index in [1.807, 2.05) is 13.8 Å². The Morgan fingerprint density at radius 3 is 2.71 bits per heavy atom. The van der Waals surface area contributed by atoms with Crippen LogP contribution in [0.25, 0.3) is 0 Å². The molecule has 1 unspecified atom stereocenters. The molecule has 0 fully saturated rings. The number of amides is 1. The summed E-state index contributed by atoms with van der Waals surface area (Å²) in [5.41, 5.74) is 2.00. The van der Waals surface area contributed by atoms with Crippen molar-refractivity contribution < 1.29 is 9.90 Å². The van der Waals surface area contributed by atoms with E-state index in [2.05, 4.69) is 10.4 Å². The van der Waals surface area contributed by atoms with Gasteiger partial charge < -0.3 is 10.4 Å². The maximum absolute atomic E-state index is 12.1. The number of aromatic nitrogens is 2. The quantitative estimate of drug-likeness (QED) is 0.891. The lowest BCUT2D eigenvalue weighted by Gasteiger charge is -2.12. The zero-order chi connectivity index (χ0) is 15.4. The van der Waals surface area contributed by atoms with Crippen LogP contribution in [0.5, 0.6) is 0 Å². The number of carbonyl (C=O) groups is 1. The van der Waals surface area contributed by atoms with E-state index in [1.165, 1.54) is 0 Å². The molecule has 0 aliphatic rings. The van der Waals surface area contributed by atoms with Gasteiger partial charge in [0.15, 0.2) is 0 Å². The average molecular weight is 308 g/mol. The van der Waals surface area contributed by atoms with Gasteiger partial charge in [0, 0.05) is 18.1 Å². The van der Waals surface area contributed by atoms with Gasteiger partial charge in [0.05, 0.1) is 11.8 Å². The number of aryl methyl sites for hydroxylation is 2. The van der Waals surface area contributed by atoms with E-state index in [4.69, 9.17) is 11.6 Å². The molecule has 112 valence electrons. The lowest BCUT2D eigenvalue weighted by Crippen LogP contribution is -2.30. The number of nitrogens with zero attached hydrogens (tertiary/aromatic N) is 2. The van der Waals surface area contributed by atoms with E-state index in [0.717, 1.165) is 5.69 Å². The Hall–Kier alpha value is -1.85. The molecule has 0 aliphatic carbocycles. The Balaban J connectivity index is 1.98. The number of halogens is 1. The topological polar surface area (TPSA) is 67.2 Å². The smallest absolute Gasteiger partial charge is 0.269 e. The lowest BCUT2D eigenvalue weighted by atomic mass is 10.1. The Kier molecular flexibility index (Phi) is 4.98. The van der Waals surface area contributed by atoms with Crippen molar-refractivity contribution in [2.24, 2.45) is 0 Å². The van der Waals surface area contributed by atoms with Crippen molar-refractivity contribution >= 4 is 17.5 Å². The molecule has 2 aromatic rings. The van der Waals surface area contributed by atoms with Crippen molar-refractivity contribution in [3.05, 3.63) is 52.3 Å². The van der Waals surface area contributed by atoms with Gasteiger partial charge in [0.2, 0.25) is 0 Å². The predicted molar refractivity (Wildman–Crippen MR) is 81.4 cm³/mol. The molecule has 6 heteroatoms. The molecule has 1 aromatic carbocycles. The molecule has 0 saturated heterocycles. The predicted octanol–water partition coefficient (Wildman–Crippen LogP) is 2.33. The minimum atomic E-state index is -0.773. The number of nitrogens with one attached hydrogen (secondary N) is 1. The summed E-state index contributed by atoms with van der Waals surface area (Å²) in [6.07, 6.45) is -0.773. The second-order valence-electron chi connectivity index (χ2n) is 4.76. The molecule has 5 nitrogen and oxygen atoms in total. The van der Waals surface area contributed by atoms with Crippen LogP contribution in [-0.4, -0.2) is 27.3 Å². The number of carbonyl (C=O) groups excluding carboxylic acids is 1. The highest BCUT2D eigenvalue weighted by Gasteiger charge is 2.15. The van der Waals surface area contributed by atoms with Gasteiger partial charge in [-0.3, -0.25) is 9.48 Å². The average Bonchev–Trinajstić information content (AvgIpc) is 2.86. The van der Waals surface area contributed by atoms with E-state index >= 15 is 0 Å². The first kappa shape index (κ1) is 15.5. The molecule has 0 radical (unpaired) electrons. The highest BCUT2D eigenvalue weighted by Crippen LogP contribution is 2.16. The highest BCUT2D eigenvalue weighted by atomic mass is 35.5. The summed E-state index contributed by atoms with van der Waals surface area (Å²) in [5.74, 6) is -0.245. The van der Waals surface area contributed by atoms with Gasteiger partial charge in [-0.1, -0.05) is 23.7 Å². The van der Waals surface area contributed by atoms with Gasteiger partial charge in [-0.2, -0.15) is 5.10 Å². The fourth-order valence-corrected chi connectivity index (χ4v) is 2.18. The number of aliphatic hydroxyl groups excluding tert-OH is 1. The van der Waals surface area contributed by atoms with Crippen molar-refractivity contribution in [2.75, 3.05) is 6.54 Å². The largest absolute Gasteiger partial charge is 0.387 e. The van der Waals surface area contributed by atoms with Crippen molar-refractivity contribution in [3.8, 4) is 0 Å². The highest BCUT2D eigenvalue weighted by molar-refractivity contribution is 6.30. The van der Waals surface area contributed by atoms with Gasteiger partial charge in [-0.05, 0) is 37.6 Å². The zero-order valence-corrected chi connectivity index (χ0v) is 12.8. The molecule has 1 atom stereocenters.